The highest BCUT2D eigenvalue weighted by atomic mass is 35.5. The van der Waals surface area contributed by atoms with Crippen molar-refractivity contribution in [3.63, 3.8) is 0 Å². The lowest BCUT2D eigenvalue weighted by atomic mass is 10.2. The molecule has 112 valence electrons. The van der Waals surface area contributed by atoms with Crippen molar-refractivity contribution in [2.45, 2.75) is 26.5 Å². The minimum atomic E-state index is -0.349. The van der Waals surface area contributed by atoms with Crippen LogP contribution in [0.15, 0.2) is 36.4 Å². The Morgan fingerprint density at radius 3 is 2.52 bits per heavy atom. The van der Waals surface area contributed by atoms with Crippen molar-refractivity contribution in [3.05, 3.63) is 57.8 Å². The lowest BCUT2D eigenvalue weighted by Crippen LogP contribution is -2.06. The molecule has 0 radical (unpaired) electrons. The van der Waals surface area contributed by atoms with Crippen LogP contribution in [0, 0.1) is 5.82 Å². The first-order valence-electron chi connectivity index (χ1n) is 6.59. The second kappa shape index (κ2) is 7.01. The van der Waals surface area contributed by atoms with E-state index in [9.17, 15) is 4.39 Å². The number of hydrogen-bond donors (Lipinski definition) is 1. The van der Waals surface area contributed by atoms with E-state index in [0.717, 1.165) is 11.3 Å². The molecule has 5 heteroatoms. The van der Waals surface area contributed by atoms with Crippen LogP contribution >= 0.6 is 23.2 Å². The molecular weight excluding hydrogens is 312 g/mol. The average Bonchev–Trinajstić information content (AvgIpc) is 2.38. The zero-order valence-corrected chi connectivity index (χ0v) is 13.3. The largest absolute Gasteiger partial charge is 0.489 e. The maximum absolute atomic E-state index is 13.2. The van der Waals surface area contributed by atoms with Crippen LogP contribution in [0.2, 0.25) is 10.0 Å². The molecule has 2 rings (SSSR count). The van der Waals surface area contributed by atoms with Crippen molar-refractivity contribution in [2.24, 2.45) is 0 Å². The molecule has 0 saturated heterocycles. The van der Waals surface area contributed by atoms with Crippen LogP contribution in [-0.2, 0) is 6.54 Å². The van der Waals surface area contributed by atoms with Gasteiger partial charge in [0.2, 0.25) is 0 Å². The van der Waals surface area contributed by atoms with Crippen LogP contribution in [0.25, 0.3) is 0 Å². The van der Waals surface area contributed by atoms with Gasteiger partial charge in [-0.05, 0) is 55.8 Å². The third kappa shape index (κ3) is 4.80. The van der Waals surface area contributed by atoms with Gasteiger partial charge in [0.15, 0.2) is 0 Å². The molecule has 0 aliphatic carbocycles. The van der Waals surface area contributed by atoms with Crippen LogP contribution in [0.1, 0.15) is 19.4 Å². The maximum atomic E-state index is 13.2. The van der Waals surface area contributed by atoms with E-state index < -0.39 is 0 Å². The lowest BCUT2D eigenvalue weighted by Gasteiger charge is -2.13. The molecule has 0 unspecified atom stereocenters. The molecular formula is C16H16Cl2FNO. The average molecular weight is 328 g/mol. The second-order valence-electron chi connectivity index (χ2n) is 4.94. The van der Waals surface area contributed by atoms with Crippen LogP contribution in [0.5, 0.6) is 5.75 Å². The van der Waals surface area contributed by atoms with Gasteiger partial charge < -0.3 is 10.1 Å². The summed E-state index contributed by atoms with van der Waals surface area (Å²) in [5.74, 6) is 0.295. The van der Waals surface area contributed by atoms with Crippen molar-refractivity contribution in [1.82, 2.24) is 0 Å². The third-order valence-electron chi connectivity index (χ3n) is 2.71. The molecule has 0 aromatic heterocycles. The Morgan fingerprint density at radius 1 is 1.14 bits per heavy atom. The van der Waals surface area contributed by atoms with Crippen LogP contribution < -0.4 is 10.1 Å². The first-order chi connectivity index (χ1) is 9.94. The zero-order valence-electron chi connectivity index (χ0n) is 11.8. The normalized spacial score (nSPS) is 10.8. The number of hydrogen-bond acceptors (Lipinski definition) is 2. The Bertz CT molecular complexity index is 611. The van der Waals surface area contributed by atoms with Gasteiger partial charge >= 0.3 is 0 Å². The summed E-state index contributed by atoms with van der Waals surface area (Å²) in [5.41, 5.74) is 1.59. The van der Waals surface area contributed by atoms with E-state index in [1.165, 1.54) is 12.1 Å². The molecule has 21 heavy (non-hydrogen) atoms. The second-order valence-corrected chi connectivity index (χ2v) is 5.79. The molecule has 2 aromatic rings. The van der Waals surface area contributed by atoms with Crippen LogP contribution in [-0.4, -0.2) is 6.10 Å². The van der Waals surface area contributed by atoms with Gasteiger partial charge in [-0.25, -0.2) is 4.39 Å². The number of halogens is 3. The van der Waals surface area contributed by atoms with Gasteiger partial charge in [-0.2, -0.15) is 0 Å². The van der Waals surface area contributed by atoms with E-state index in [4.69, 9.17) is 27.9 Å². The highest BCUT2D eigenvalue weighted by Crippen LogP contribution is 2.28. The third-order valence-corrected chi connectivity index (χ3v) is 3.23. The van der Waals surface area contributed by atoms with Gasteiger partial charge in [0.25, 0.3) is 0 Å². The number of rotatable bonds is 5. The standard InChI is InChI=1S/C16H16Cl2FNO/c1-10(2)21-16-4-3-14(8-15(16)18)20-9-11-5-12(17)7-13(19)6-11/h3-8,10,20H,9H2,1-2H3. The Morgan fingerprint density at radius 2 is 1.90 bits per heavy atom. The fourth-order valence-corrected chi connectivity index (χ4v) is 2.35. The van der Waals surface area contributed by atoms with E-state index in [2.05, 4.69) is 5.32 Å². The molecule has 0 atom stereocenters. The van der Waals surface area contributed by atoms with Crippen molar-refractivity contribution >= 4 is 28.9 Å². The van der Waals surface area contributed by atoms with Gasteiger partial charge in [-0.15, -0.1) is 0 Å². The monoisotopic (exact) mass is 327 g/mol. The fourth-order valence-electron chi connectivity index (χ4n) is 1.88. The molecule has 1 N–H and O–H groups in total. The summed E-state index contributed by atoms with van der Waals surface area (Å²) in [7, 11) is 0. The summed E-state index contributed by atoms with van der Waals surface area (Å²) in [6.45, 7) is 4.34. The minimum Gasteiger partial charge on any atom is -0.489 e. The maximum Gasteiger partial charge on any atom is 0.138 e. The number of benzene rings is 2. The van der Waals surface area contributed by atoms with Crippen molar-refractivity contribution < 1.29 is 9.13 Å². The van der Waals surface area contributed by atoms with Crippen LogP contribution in [0.3, 0.4) is 0 Å². The van der Waals surface area contributed by atoms with E-state index in [0.29, 0.717) is 22.3 Å². The Hall–Kier alpha value is -1.45. The molecule has 0 amide bonds. The number of anilines is 1. The SMILES string of the molecule is CC(C)Oc1ccc(NCc2cc(F)cc(Cl)c2)cc1Cl. The van der Waals surface area contributed by atoms with Crippen LogP contribution in [0.4, 0.5) is 10.1 Å². The van der Waals surface area contributed by atoms with E-state index in [-0.39, 0.29) is 11.9 Å². The summed E-state index contributed by atoms with van der Waals surface area (Å²) >= 11 is 12.0. The van der Waals surface area contributed by atoms with Gasteiger partial charge in [0.05, 0.1) is 11.1 Å². The summed E-state index contributed by atoms with van der Waals surface area (Å²) in [5, 5.41) is 4.08. The quantitative estimate of drug-likeness (QED) is 0.779. The van der Waals surface area contributed by atoms with Crippen molar-refractivity contribution in [3.8, 4) is 5.75 Å². The number of nitrogens with one attached hydrogen (secondary N) is 1. The smallest absolute Gasteiger partial charge is 0.138 e. The Kier molecular flexibility index (Phi) is 5.32. The van der Waals surface area contributed by atoms with Gasteiger partial charge in [-0.3, -0.25) is 0 Å². The zero-order chi connectivity index (χ0) is 15.4. The van der Waals surface area contributed by atoms with Gasteiger partial charge in [0.1, 0.15) is 11.6 Å². The molecule has 0 saturated carbocycles. The van der Waals surface area contributed by atoms with E-state index in [1.807, 2.05) is 26.0 Å². The molecule has 0 aliphatic rings. The Labute approximate surface area is 133 Å². The minimum absolute atomic E-state index is 0.0655. The molecule has 0 bridgehead atoms. The topological polar surface area (TPSA) is 21.3 Å². The first-order valence-corrected chi connectivity index (χ1v) is 7.34. The summed E-state index contributed by atoms with van der Waals surface area (Å²) in [6.07, 6.45) is 0.0655. The molecule has 0 spiro atoms. The fraction of sp³-hybridized carbons (Fsp3) is 0.250. The molecule has 2 aromatic carbocycles. The first kappa shape index (κ1) is 15.9. The Balaban J connectivity index is 2.05. The molecule has 0 aliphatic heterocycles. The van der Waals surface area contributed by atoms with Crippen molar-refractivity contribution in [1.29, 1.82) is 0 Å². The highest BCUT2D eigenvalue weighted by Gasteiger charge is 2.05. The predicted octanol–water partition coefficient (Wildman–Crippen LogP) is 5.53. The van der Waals surface area contributed by atoms with Crippen molar-refractivity contribution in [2.75, 3.05) is 5.32 Å². The molecule has 0 heterocycles. The summed E-state index contributed by atoms with van der Waals surface area (Å²) in [6, 6.07) is 9.89. The summed E-state index contributed by atoms with van der Waals surface area (Å²) < 4.78 is 18.8. The van der Waals surface area contributed by atoms with Gasteiger partial charge in [-0.1, -0.05) is 23.2 Å². The lowest BCUT2D eigenvalue weighted by molar-refractivity contribution is 0.242. The highest BCUT2D eigenvalue weighted by molar-refractivity contribution is 6.32. The molecule has 0 fully saturated rings. The van der Waals surface area contributed by atoms with Gasteiger partial charge in [0, 0.05) is 17.3 Å². The van der Waals surface area contributed by atoms with E-state index >= 15 is 0 Å². The predicted molar refractivity (Wildman–Crippen MR) is 86.0 cm³/mol. The van der Waals surface area contributed by atoms with E-state index in [1.54, 1.807) is 12.1 Å². The summed E-state index contributed by atoms with van der Waals surface area (Å²) in [4.78, 5) is 0. The molecule has 2 nitrogen and oxygen atoms in total. The number of ether oxygens (including phenoxy) is 1.